The van der Waals surface area contributed by atoms with Gasteiger partial charge in [0, 0.05) is 0 Å². The molecule has 0 aromatic heterocycles. The van der Waals surface area contributed by atoms with Crippen LogP contribution in [0.1, 0.15) is 40.0 Å². The van der Waals surface area contributed by atoms with Crippen molar-refractivity contribution in [2.45, 2.75) is 40.0 Å². The minimum atomic E-state index is 0.420. The van der Waals surface area contributed by atoms with Crippen LogP contribution in [0.3, 0.4) is 0 Å². The van der Waals surface area contributed by atoms with Crippen molar-refractivity contribution in [3.63, 3.8) is 0 Å². The summed E-state index contributed by atoms with van der Waals surface area (Å²) in [6.45, 7) is 12.0. The molecule has 0 aliphatic heterocycles. The van der Waals surface area contributed by atoms with Crippen molar-refractivity contribution in [2.75, 3.05) is 0 Å². The van der Waals surface area contributed by atoms with E-state index in [1.807, 2.05) is 0 Å². The Bertz CT molecular complexity index is 80.0. The van der Waals surface area contributed by atoms with Crippen molar-refractivity contribution >= 4 is 0 Å². The summed E-state index contributed by atoms with van der Waals surface area (Å²) in [7, 11) is 0. The molecule has 0 unspecified atom stereocenters. The smallest absolute Gasteiger partial charge is 0.0296 e. The molecule has 0 aromatic carbocycles. The molecule has 0 spiro atoms. The lowest BCUT2D eigenvalue weighted by atomic mass is 9.85. The summed E-state index contributed by atoms with van der Waals surface area (Å²) in [6.07, 6.45) is 5.30. The van der Waals surface area contributed by atoms with Gasteiger partial charge in [-0.15, -0.1) is 0 Å². The first-order valence-corrected chi connectivity index (χ1v) is 3.66. The Hall–Kier alpha value is -0.260. The molecule has 9 heavy (non-hydrogen) atoms. The van der Waals surface area contributed by atoms with Gasteiger partial charge in [0.05, 0.1) is 0 Å². The van der Waals surface area contributed by atoms with E-state index in [4.69, 9.17) is 6.58 Å². The van der Waals surface area contributed by atoms with Gasteiger partial charge in [-0.2, -0.15) is 0 Å². The maximum atomic E-state index is 5.32. The van der Waals surface area contributed by atoms with E-state index >= 15 is 0 Å². The fraction of sp³-hybridized carbons (Fsp3) is 0.778. The molecular formula is C9H17. The van der Waals surface area contributed by atoms with Gasteiger partial charge in [-0.1, -0.05) is 39.8 Å². The fourth-order valence-corrected chi connectivity index (χ4v) is 1.10. The van der Waals surface area contributed by atoms with Crippen molar-refractivity contribution < 1.29 is 0 Å². The van der Waals surface area contributed by atoms with E-state index in [-0.39, 0.29) is 0 Å². The maximum Gasteiger partial charge on any atom is -0.0296 e. The third kappa shape index (κ3) is 4.26. The highest BCUT2D eigenvalue weighted by Crippen LogP contribution is 2.26. The Kier molecular flexibility index (Phi) is 3.60. The zero-order chi connectivity index (χ0) is 7.33. The summed E-state index contributed by atoms with van der Waals surface area (Å²) in [5, 5.41) is 0. The minimum Gasteiger partial charge on any atom is -0.0840 e. The summed E-state index contributed by atoms with van der Waals surface area (Å²) in [5.41, 5.74) is 0.420. The molecule has 0 heteroatoms. The van der Waals surface area contributed by atoms with E-state index in [1.165, 1.54) is 12.8 Å². The van der Waals surface area contributed by atoms with Gasteiger partial charge >= 0.3 is 0 Å². The molecule has 0 bridgehead atoms. The second-order valence-electron chi connectivity index (χ2n) is 3.35. The average molecular weight is 125 g/mol. The van der Waals surface area contributed by atoms with E-state index in [2.05, 4.69) is 20.8 Å². The van der Waals surface area contributed by atoms with E-state index in [0.29, 0.717) is 5.41 Å². The van der Waals surface area contributed by atoms with Gasteiger partial charge in [0.2, 0.25) is 0 Å². The first-order valence-electron chi connectivity index (χ1n) is 3.66. The second kappa shape index (κ2) is 3.71. The molecular weight excluding hydrogens is 108 g/mol. The van der Waals surface area contributed by atoms with Crippen molar-refractivity contribution in [3.05, 3.63) is 12.7 Å². The Morgan fingerprint density at radius 2 is 2.00 bits per heavy atom. The number of hydrogen-bond acceptors (Lipinski definition) is 0. The van der Waals surface area contributed by atoms with Gasteiger partial charge in [0.15, 0.2) is 0 Å². The third-order valence-corrected chi connectivity index (χ3v) is 1.60. The molecule has 1 radical (unpaired) electrons. The van der Waals surface area contributed by atoms with Crippen LogP contribution in [0.5, 0.6) is 0 Å². The highest BCUT2D eigenvalue weighted by Gasteiger charge is 2.13. The van der Waals surface area contributed by atoms with Crippen LogP contribution in [0.25, 0.3) is 0 Å². The predicted molar refractivity (Wildman–Crippen MR) is 42.2 cm³/mol. The van der Waals surface area contributed by atoms with Gasteiger partial charge < -0.3 is 0 Å². The largest absolute Gasteiger partial charge is 0.0840 e. The summed E-state index contributed by atoms with van der Waals surface area (Å²) >= 11 is 0. The van der Waals surface area contributed by atoms with Crippen LogP contribution in [0.2, 0.25) is 0 Å². The predicted octanol–water partition coefficient (Wildman–Crippen LogP) is 3.19. The van der Waals surface area contributed by atoms with Crippen molar-refractivity contribution in [2.24, 2.45) is 5.41 Å². The highest BCUT2D eigenvalue weighted by molar-refractivity contribution is 4.76. The van der Waals surface area contributed by atoms with E-state index < -0.39 is 0 Å². The Morgan fingerprint density at radius 3 is 2.33 bits per heavy atom. The summed E-state index contributed by atoms with van der Waals surface area (Å²) < 4.78 is 0. The molecule has 0 atom stereocenters. The molecule has 0 fully saturated rings. The molecule has 53 valence electrons. The molecule has 0 heterocycles. The average Bonchev–Trinajstić information content (AvgIpc) is 1.64. The molecule has 0 N–H and O–H groups in total. The van der Waals surface area contributed by atoms with Crippen LogP contribution in [-0.4, -0.2) is 0 Å². The van der Waals surface area contributed by atoms with Crippen LogP contribution < -0.4 is 0 Å². The number of rotatable bonds is 4. The lowest BCUT2D eigenvalue weighted by Gasteiger charge is -2.21. The highest BCUT2D eigenvalue weighted by atomic mass is 14.2. The van der Waals surface area contributed by atoms with E-state index in [9.17, 15) is 0 Å². The van der Waals surface area contributed by atoms with Crippen molar-refractivity contribution in [3.8, 4) is 0 Å². The van der Waals surface area contributed by atoms with Gasteiger partial charge in [0.1, 0.15) is 0 Å². The van der Waals surface area contributed by atoms with Gasteiger partial charge in [-0.3, -0.25) is 0 Å². The fourth-order valence-electron chi connectivity index (χ4n) is 1.10. The lowest BCUT2D eigenvalue weighted by molar-refractivity contribution is 0.336. The topological polar surface area (TPSA) is 0 Å². The quantitative estimate of drug-likeness (QED) is 0.541. The number of allylic oxidation sites excluding steroid dienone is 1. The standard InChI is InChI=1S/C9H17/c1-5-7-9(3,4)8-6-2/h1,5H,6-8H2,2-4H3. The van der Waals surface area contributed by atoms with Crippen LogP contribution in [-0.2, 0) is 0 Å². The molecule has 0 rings (SSSR count). The molecule has 0 aromatic rings. The number of hydrogen-bond donors (Lipinski definition) is 0. The zero-order valence-electron chi connectivity index (χ0n) is 6.78. The van der Waals surface area contributed by atoms with Crippen molar-refractivity contribution in [1.82, 2.24) is 0 Å². The van der Waals surface area contributed by atoms with Gasteiger partial charge in [-0.25, -0.2) is 0 Å². The molecule has 0 amide bonds. The van der Waals surface area contributed by atoms with E-state index in [0.717, 1.165) is 6.42 Å². The molecule has 0 saturated carbocycles. The van der Waals surface area contributed by atoms with Crippen LogP contribution >= 0.6 is 0 Å². The Labute approximate surface area is 59.0 Å². The first-order chi connectivity index (χ1) is 4.12. The molecule has 0 aliphatic rings. The normalized spacial score (nSPS) is 11.4. The SMILES string of the molecule is [CH]=CCC(C)(C)CCC. The maximum absolute atomic E-state index is 5.32. The van der Waals surface area contributed by atoms with Crippen LogP contribution in [0.15, 0.2) is 6.08 Å². The summed E-state index contributed by atoms with van der Waals surface area (Å²) in [6, 6.07) is 0. The second-order valence-corrected chi connectivity index (χ2v) is 3.35. The summed E-state index contributed by atoms with van der Waals surface area (Å²) in [4.78, 5) is 0. The first kappa shape index (κ1) is 8.74. The van der Waals surface area contributed by atoms with E-state index in [1.54, 1.807) is 6.08 Å². The van der Waals surface area contributed by atoms with Crippen LogP contribution in [0.4, 0.5) is 0 Å². The summed E-state index contributed by atoms with van der Waals surface area (Å²) in [5.74, 6) is 0. The molecule has 0 nitrogen and oxygen atoms in total. The zero-order valence-corrected chi connectivity index (χ0v) is 6.78. The third-order valence-electron chi connectivity index (χ3n) is 1.60. The van der Waals surface area contributed by atoms with Gasteiger partial charge in [0.25, 0.3) is 0 Å². The van der Waals surface area contributed by atoms with Gasteiger partial charge in [-0.05, 0) is 18.3 Å². The molecule has 0 aliphatic carbocycles. The molecule has 0 saturated heterocycles. The van der Waals surface area contributed by atoms with Crippen LogP contribution in [0, 0.1) is 12.0 Å². The Balaban J connectivity index is 3.55. The minimum absolute atomic E-state index is 0.420. The van der Waals surface area contributed by atoms with Crippen molar-refractivity contribution in [1.29, 1.82) is 0 Å². The monoisotopic (exact) mass is 125 g/mol. The lowest BCUT2D eigenvalue weighted by Crippen LogP contribution is -2.08. The Morgan fingerprint density at radius 1 is 1.44 bits per heavy atom.